The molecule has 2 aromatic heterocycles. The number of H-pyrrole nitrogens is 1. The molecule has 14 heavy (non-hydrogen) atoms. The average molecular weight is 191 g/mol. The third-order valence-corrected chi connectivity index (χ3v) is 2.21. The molecule has 2 heterocycles. The van der Waals surface area contributed by atoms with Gasteiger partial charge in [0.25, 0.3) is 0 Å². The van der Waals surface area contributed by atoms with Gasteiger partial charge in [-0.25, -0.2) is 9.97 Å². The Bertz CT molecular complexity index is 385. The second-order valence-electron chi connectivity index (χ2n) is 2.99. The summed E-state index contributed by atoms with van der Waals surface area (Å²) >= 11 is 0. The summed E-state index contributed by atoms with van der Waals surface area (Å²) in [5, 5.41) is 0. The van der Waals surface area contributed by atoms with E-state index in [0.717, 1.165) is 30.2 Å². The highest BCUT2D eigenvalue weighted by Crippen LogP contribution is 2.13. The van der Waals surface area contributed by atoms with Crippen LogP contribution < -0.4 is 4.90 Å². The zero-order valence-electron chi connectivity index (χ0n) is 8.36. The van der Waals surface area contributed by atoms with Crippen LogP contribution in [0, 0.1) is 0 Å². The van der Waals surface area contributed by atoms with Gasteiger partial charge in [-0.2, -0.15) is 4.98 Å². The van der Waals surface area contributed by atoms with Gasteiger partial charge in [0.15, 0.2) is 5.65 Å². The highest BCUT2D eigenvalue weighted by atomic mass is 15.3. The largest absolute Gasteiger partial charge is 0.343 e. The number of imidazole rings is 1. The first kappa shape index (κ1) is 8.93. The fourth-order valence-electron chi connectivity index (χ4n) is 1.42. The summed E-state index contributed by atoms with van der Waals surface area (Å²) < 4.78 is 0. The number of nitrogens with zero attached hydrogens (tertiary/aromatic N) is 4. The van der Waals surface area contributed by atoms with Gasteiger partial charge in [-0.15, -0.1) is 0 Å². The first-order chi connectivity index (χ1) is 6.85. The molecule has 0 aromatic carbocycles. The van der Waals surface area contributed by atoms with E-state index in [1.807, 2.05) is 0 Å². The van der Waals surface area contributed by atoms with Gasteiger partial charge < -0.3 is 9.88 Å². The molecular formula is C9H13N5. The van der Waals surface area contributed by atoms with Gasteiger partial charge in [0.2, 0.25) is 5.95 Å². The van der Waals surface area contributed by atoms with Crippen molar-refractivity contribution in [2.24, 2.45) is 0 Å². The molecular weight excluding hydrogens is 178 g/mol. The molecule has 0 aliphatic rings. The second-order valence-corrected chi connectivity index (χ2v) is 2.99. The molecule has 0 saturated carbocycles. The number of nitrogens with one attached hydrogen (secondary N) is 1. The zero-order valence-corrected chi connectivity index (χ0v) is 8.36. The van der Waals surface area contributed by atoms with Crippen LogP contribution in [0.1, 0.15) is 13.8 Å². The maximum atomic E-state index is 4.37. The van der Waals surface area contributed by atoms with E-state index in [4.69, 9.17) is 0 Å². The van der Waals surface area contributed by atoms with Crippen molar-refractivity contribution in [1.82, 2.24) is 19.9 Å². The van der Waals surface area contributed by atoms with Gasteiger partial charge in [0, 0.05) is 13.1 Å². The Kier molecular flexibility index (Phi) is 2.30. The molecule has 5 heteroatoms. The molecule has 74 valence electrons. The lowest BCUT2D eigenvalue weighted by Gasteiger charge is -2.16. The van der Waals surface area contributed by atoms with Crippen molar-refractivity contribution in [1.29, 1.82) is 0 Å². The predicted octanol–water partition coefficient (Wildman–Crippen LogP) is 1.20. The van der Waals surface area contributed by atoms with Gasteiger partial charge in [0.05, 0.1) is 6.20 Å². The highest BCUT2D eigenvalue weighted by molar-refractivity contribution is 5.71. The Labute approximate surface area is 82.2 Å². The zero-order chi connectivity index (χ0) is 9.97. The van der Waals surface area contributed by atoms with Crippen molar-refractivity contribution >= 4 is 17.1 Å². The molecule has 2 rings (SSSR count). The van der Waals surface area contributed by atoms with Gasteiger partial charge in [-0.05, 0) is 13.8 Å². The Morgan fingerprint density at radius 1 is 1.36 bits per heavy atom. The number of hydrogen-bond acceptors (Lipinski definition) is 4. The molecule has 1 N–H and O–H groups in total. The standard InChI is InChI=1S/C9H13N5/c1-3-14(4-2)9-12-7-5-10-6-11-8(7)13-9/h5-6H,3-4H2,1-2H3,(H,10,11,12,13). The van der Waals surface area contributed by atoms with E-state index in [2.05, 4.69) is 38.7 Å². The number of hydrogen-bond donors (Lipinski definition) is 1. The summed E-state index contributed by atoms with van der Waals surface area (Å²) in [5.74, 6) is 0.866. The van der Waals surface area contributed by atoms with Crippen molar-refractivity contribution in [2.45, 2.75) is 13.8 Å². The number of aromatic nitrogens is 4. The minimum Gasteiger partial charge on any atom is -0.343 e. The number of fused-ring (bicyclic) bond motifs is 1. The van der Waals surface area contributed by atoms with Crippen molar-refractivity contribution in [3.63, 3.8) is 0 Å². The minimum atomic E-state index is 0.724. The molecule has 0 fully saturated rings. The van der Waals surface area contributed by atoms with E-state index in [-0.39, 0.29) is 0 Å². The summed E-state index contributed by atoms with van der Waals surface area (Å²) in [6.07, 6.45) is 3.25. The quantitative estimate of drug-likeness (QED) is 0.792. The molecule has 0 atom stereocenters. The first-order valence-electron chi connectivity index (χ1n) is 4.75. The molecule has 0 aliphatic heterocycles. The maximum absolute atomic E-state index is 4.37. The lowest BCUT2D eigenvalue weighted by atomic mass is 10.5. The third kappa shape index (κ3) is 1.41. The van der Waals surface area contributed by atoms with Gasteiger partial charge in [-0.1, -0.05) is 0 Å². The van der Waals surface area contributed by atoms with Crippen molar-refractivity contribution in [3.05, 3.63) is 12.5 Å². The Balaban J connectivity index is 2.43. The normalized spacial score (nSPS) is 10.7. The average Bonchev–Trinajstić information content (AvgIpc) is 2.63. The van der Waals surface area contributed by atoms with Crippen LogP contribution in [0.3, 0.4) is 0 Å². The summed E-state index contributed by atoms with van der Waals surface area (Å²) in [5.41, 5.74) is 1.61. The maximum Gasteiger partial charge on any atom is 0.205 e. The second kappa shape index (κ2) is 3.61. The number of anilines is 1. The van der Waals surface area contributed by atoms with Crippen LogP contribution in [0.25, 0.3) is 11.2 Å². The first-order valence-corrected chi connectivity index (χ1v) is 4.75. The van der Waals surface area contributed by atoms with Crippen LogP contribution in [-0.2, 0) is 0 Å². The summed E-state index contributed by atoms with van der Waals surface area (Å²) in [6, 6.07) is 0. The highest BCUT2D eigenvalue weighted by Gasteiger charge is 2.07. The van der Waals surface area contributed by atoms with Crippen LogP contribution in [0.2, 0.25) is 0 Å². The Morgan fingerprint density at radius 3 is 2.79 bits per heavy atom. The fourth-order valence-corrected chi connectivity index (χ4v) is 1.42. The topological polar surface area (TPSA) is 57.7 Å². The van der Waals surface area contributed by atoms with Crippen LogP contribution >= 0.6 is 0 Å². The Morgan fingerprint density at radius 2 is 2.14 bits per heavy atom. The fraction of sp³-hybridized carbons (Fsp3) is 0.444. The summed E-state index contributed by atoms with van der Waals surface area (Å²) in [4.78, 5) is 17.7. The molecule has 0 saturated heterocycles. The molecule has 0 unspecified atom stereocenters. The monoisotopic (exact) mass is 191 g/mol. The van der Waals surface area contributed by atoms with Crippen molar-refractivity contribution in [2.75, 3.05) is 18.0 Å². The molecule has 2 aromatic rings. The molecule has 0 spiro atoms. The Hall–Kier alpha value is -1.65. The summed E-state index contributed by atoms with van der Waals surface area (Å²) in [7, 11) is 0. The van der Waals surface area contributed by atoms with Crippen molar-refractivity contribution in [3.8, 4) is 0 Å². The van der Waals surface area contributed by atoms with E-state index in [1.165, 1.54) is 6.33 Å². The van der Waals surface area contributed by atoms with Gasteiger partial charge in [-0.3, -0.25) is 0 Å². The summed E-state index contributed by atoms with van der Waals surface area (Å²) in [6.45, 7) is 6.07. The van der Waals surface area contributed by atoms with Gasteiger partial charge >= 0.3 is 0 Å². The molecule has 0 amide bonds. The molecule has 0 aliphatic carbocycles. The molecule has 5 nitrogen and oxygen atoms in total. The van der Waals surface area contributed by atoms with Crippen LogP contribution in [-0.4, -0.2) is 33.0 Å². The third-order valence-electron chi connectivity index (χ3n) is 2.21. The SMILES string of the molecule is CCN(CC)c1nc2ncncc2[nH]1. The number of rotatable bonds is 3. The van der Waals surface area contributed by atoms with Crippen LogP contribution in [0.15, 0.2) is 12.5 Å². The van der Waals surface area contributed by atoms with E-state index >= 15 is 0 Å². The smallest absolute Gasteiger partial charge is 0.205 e. The van der Waals surface area contributed by atoms with Crippen molar-refractivity contribution < 1.29 is 0 Å². The van der Waals surface area contributed by atoms with E-state index < -0.39 is 0 Å². The van der Waals surface area contributed by atoms with E-state index in [0.29, 0.717) is 0 Å². The molecule has 0 radical (unpaired) electrons. The van der Waals surface area contributed by atoms with E-state index in [9.17, 15) is 0 Å². The van der Waals surface area contributed by atoms with Crippen LogP contribution in [0.5, 0.6) is 0 Å². The lowest BCUT2D eigenvalue weighted by Crippen LogP contribution is -2.22. The van der Waals surface area contributed by atoms with E-state index in [1.54, 1.807) is 6.20 Å². The molecule has 0 bridgehead atoms. The lowest BCUT2D eigenvalue weighted by molar-refractivity contribution is 0.834. The number of aromatic amines is 1. The van der Waals surface area contributed by atoms with Gasteiger partial charge in [0.1, 0.15) is 11.8 Å². The minimum absolute atomic E-state index is 0.724. The van der Waals surface area contributed by atoms with Crippen LogP contribution in [0.4, 0.5) is 5.95 Å². The predicted molar refractivity (Wildman–Crippen MR) is 55.2 cm³/mol.